The number of rotatable bonds is 5. The average Bonchev–Trinajstić information content (AvgIpc) is 3.13. The highest BCUT2D eigenvalue weighted by molar-refractivity contribution is 5.52. The monoisotopic (exact) mass is 280 g/mol. The number of halogens is 2. The van der Waals surface area contributed by atoms with Crippen molar-refractivity contribution in [1.82, 2.24) is 5.32 Å². The van der Waals surface area contributed by atoms with Gasteiger partial charge in [-0.05, 0) is 49.8 Å². The molecule has 0 bridgehead atoms. The van der Waals surface area contributed by atoms with E-state index < -0.39 is 11.6 Å². The Kier molecular flexibility index (Phi) is 3.92. The van der Waals surface area contributed by atoms with E-state index in [2.05, 4.69) is 12.2 Å². The molecule has 0 spiro atoms. The molecule has 1 aromatic rings. The predicted molar refractivity (Wildman–Crippen MR) is 76.9 cm³/mol. The molecule has 1 aliphatic carbocycles. The van der Waals surface area contributed by atoms with Gasteiger partial charge in [-0.3, -0.25) is 0 Å². The minimum atomic E-state index is -0.419. The number of benzene rings is 1. The summed E-state index contributed by atoms with van der Waals surface area (Å²) in [7, 11) is 0. The molecule has 2 fully saturated rings. The molecule has 1 saturated carbocycles. The number of nitrogens with one attached hydrogen (secondary N) is 1. The molecule has 4 heteroatoms. The molecular formula is C16H22F2N2. The molecule has 20 heavy (non-hydrogen) atoms. The van der Waals surface area contributed by atoms with Gasteiger partial charge in [0.25, 0.3) is 0 Å². The Morgan fingerprint density at radius 2 is 1.90 bits per heavy atom. The summed E-state index contributed by atoms with van der Waals surface area (Å²) in [6.45, 7) is 3.38. The van der Waals surface area contributed by atoms with Gasteiger partial charge in [-0.1, -0.05) is 6.92 Å². The van der Waals surface area contributed by atoms with E-state index in [9.17, 15) is 8.78 Å². The zero-order valence-corrected chi connectivity index (χ0v) is 12.0. The predicted octanol–water partition coefficient (Wildman–Crippen LogP) is 3.60. The van der Waals surface area contributed by atoms with Crippen LogP contribution < -0.4 is 10.2 Å². The van der Waals surface area contributed by atoms with Crippen LogP contribution in [0.25, 0.3) is 0 Å². The van der Waals surface area contributed by atoms with Gasteiger partial charge in [0.1, 0.15) is 17.3 Å². The normalized spacial score (nSPS) is 22.6. The Morgan fingerprint density at radius 1 is 1.20 bits per heavy atom. The van der Waals surface area contributed by atoms with E-state index in [4.69, 9.17) is 0 Å². The van der Waals surface area contributed by atoms with Crippen LogP contribution in [0.1, 0.15) is 44.6 Å². The molecule has 1 unspecified atom stereocenters. The summed E-state index contributed by atoms with van der Waals surface area (Å²) < 4.78 is 28.6. The minimum Gasteiger partial charge on any atom is -0.364 e. The molecule has 0 aromatic heterocycles. The number of anilines is 1. The first-order chi connectivity index (χ1) is 9.69. The van der Waals surface area contributed by atoms with Crippen LogP contribution in [-0.4, -0.2) is 18.6 Å². The molecule has 110 valence electrons. The molecule has 1 atom stereocenters. The van der Waals surface area contributed by atoms with E-state index in [0.29, 0.717) is 18.2 Å². The van der Waals surface area contributed by atoms with Crippen molar-refractivity contribution >= 4 is 5.69 Å². The fraction of sp³-hybridized carbons (Fsp3) is 0.625. The van der Waals surface area contributed by atoms with Crippen LogP contribution in [0.3, 0.4) is 0 Å². The van der Waals surface area contributed by atoms with Gasteiger partial charge in [-0.15, -0.1) is 0 Å². The second-order valence-electron chi connectivity index (χ2n) is 5.96. The van der Waals surface area contributed by atoms with E-state index in [1.807, 2.05) is 4.90 Å². The maximum absolute atomic E-state index is 14.3. The van der Waals surface area contributed by atoms with E-state index in [1.165, 1.54) is 25.0 Å². The van der Waals surface area contributed by atoms with Crippen LogP contribution in [0.4, 0.5) is 14.5 Å². The maximum Gasteiger partial charge on any atom is 0.149 e. The van der Waals surface area contributed by atoms with Crippen molar-refractivity contribution < 1.29 is 8.78 Å². The quantitative estimate of drug-likeness (QED) is 0.886. The molecule has 0 amide bonds. The third kappa shape index (κ3) is 2.80. The largest absolute Gasteiger partial charge is 0.364 e. The van der Waals surface area contributed by atoms with Crippen LogP contribution in [-0.2, 0) is 6.54 Å². The molecule has 3 rings (SSSR count). The molecule has 1 saturated heterocycles. The Bertz CT molecular complexity index is 462. The van der Waals surface area contributed by atoms with Crippen molar-refractivity contribution in [3.05, 3.63) is 29.3 Å². The van der Waals surface area contributed by atoms with Crippen molar-refractivity contribution in [2.45, 2.75) is 57.7 Å². The summed E-state index contributed by atoms with van der Waals surface area (Å²) in [4.78, 5) is 1.91. The van der Waals surface area contributed by atoms with Crippen LogP contribution in [0, 0.1) is 11.6 Å². The highest BCUT2D eigenvalue weighted by atomic mass is 19.1. The SMILES string of the molecule is CCC1CCCN1c1c(F)cc(CNC2CC2)cc1F. The molecule has 1 aromatic carbocycles. The topological polar surface area (TPSA) is 15.3 Å². The minimum absolute atomic E-state index is 0.171. The Balaban J connectivity index is 1.80. The molecule has 2 aliphatic rings. The van der Waals surface area contributed by atoms with Gasteiger partial charge in [0, 0.05) is 25.2 Å². The summed E-state index contributed by atoms with van der Waals surface area (Å²) in [5, 5.41) is 3.29. The average molecular weight is 280 g/mol. The third-order valence-corrected chi connectivity index (χ3v) is 4.38. The molecular weight excluding hydrogens is 258 g/mol. The zero-order valence-electron chi connectivity index (χ0n) is 12.0. The number of hydrogen-bond acceptors (Lipinski definition) is 2. The van der Waals surface area contributed by atoms with Crippen molar-refractivity contribution in [3.8, 4) is 0 Å². The van der Waals surface area contributed by atoms with Gasteiger partial charge >= 0.3 is 0 Å². The Morgan fingerprint density at radius 3 is 2.50 bits per heavy atom. The lowest BCUT2D eigenvalue weighted by Gasteiger charge is -2.27. The van der Waals surface area contributed by atoms with Gasteiger partial charge < -0.3 is 10.2 Å². The molecule has 0 radical (unpaired) electrons. The number of hydrogen-bond donors (Lipinski definition) is 1. The van der Waals surface area contributed by atoms with Gasteiger partial charge in [0.05, 0.1) is 0 Å². The lowest BCUT2D eigenvalue weighted by molar-refractivity contribution is 0.551. The molecule has 2 nitrogen and oxygen atoms in total. The maximum atomic E-state index is 14.3. The van der Waals surface area contributed by atoms with Crippen LogP contribution in [0.15, 0.2) is 12.1 Å². The van der Waals surface area contributed by atoms with Crippen LogP contribution >= 0.6 is 0 Å². The first-order valence-electron chi connectivity index (χ1n) is 7.67. The first-order valence-corrected chi connectivity index (χ1v) is 7.67. The van der Waals surface area contributed by atoms with Gasteiger partial charge in [0.15, 0.2) is 0 Å². The Labute approximate surface area is 119 Å². The van der Waals surface area contributed by atoms with E-state index in [0.717, 1.165) is 25.8 Å². The lowest BCUT2D eigenvalue weighted by atomic mass is 10.1. The van der Waals surface area contributed by atoms with Crippen LogP contribution in [0.2, 0.25) is 0 Å². The Hall–Kier alpha value is -1.16. The number of nitrogens with zero attached hydrogens (tertiary/aromatic N) is 1. The summed E-state index contributed by atoms with van der Waals surface area (Å²) in [6, 6.07) is 3.79. The van der Waals surface area contributed by atoms with Crippen molar-refractivity contribution in [2.75, 3.05) is 11.4 Å². The van der Waals surface area contributed by atoms with Gasteiger partial charge in [-0.25, -0.2) is 8.78 Å². The highest BCUT2D eigenvalue weighted by Crippen LogP contribution is 2.32. The lowest BCUT2D eigenvalue weighted by Crippen LogP contribution is -2.30. The van der Waals surface area contributed by atoms with E-state index >= 15 is 0 Å². The van der Waals surface area contributed by atoms with Crippen LogP contribution in [0.5, 0.6) is 0 Å². The summed E-state index contributed by atoms with van der Waals surface area (Å²) in [6.07, 6.45) is 5.33. The summed E-state index contributed by atoms with van der Waals surface area (Å²) in [5.74, 6) is -0.837. The second kappa shape index (κ2) is 5.68. The zero-order chi connectivity index (χ0) is 14.1. The van der Waals surface area contributed by atoms with Gasteiger partial charge in [-0.2, -0.15) is 0 Å². The van der Waals surface area contributed by atoms with Crippen molar-refractivity contribution in [2.24, 2.45) is 0 Å². The summed E-state index contributed by atoms with van der Waals surface area (Å²) >= 11 is 0. The first kappa shape index (κ1) is 13.8. The second-order valence-corrected chi connectivity index (χ2v) is 5.96. The molecule has 1 aliphatic heterocycles. The third-order valence-electron chi connectivity index (χ3n) is 4.38. The fourth-order valence-corrected chi connectivity index (χ4v) is 3.10. The standard InChI is InChI=1S/C16H22F2N2/c1-2-13-4-3-7-20(13)16-14(17)8-11(9-15(16)18)10-19-12-5-6-12/h8-9,12-13,19H,2-7,10H2,1H3. The fourth-order valence-electron chi connectivity index (χ4n) is 3.10. The van der Waals surface area contributed by atoms with E-state index in [-0.39, 0.29) is 11.7 Å². The van der Waals surface area contributed by atoms with Crippen molar-refractivity contribution in [1.29, 1.82) is 0 Å². The van der Waals surface area contributed by atoms with E-state index in [1.54, 1.807) is 0 Å². The molecule has 1 heterocycles. The molecule has 1 N–H and O–H groups in total. The smallest absolute Gasteiger partial charge is 0.149 e. The van der Waals surface area contributed by atoms with Gasteiger partial charge in [0.2, 0.25) is 0 Å². The highest BCUT2D eigenvalue weighted by Gasteiger charge is 2.28. The summed E-state index contributed by atoms with van der Waals surface area (Å²) in [5.41, 5.74) is 0.868. The van der Waals surface area contributed by atoms with Crippen molar-refractivity contribution in [3.63, 3.8) is 0 Å².